The minimum absolute atomic E-state index is 0.00440. The Labute approximate surface area is 230 Å². The number of benzene rings is 3. The number of pyridine rings is 1. The number of nitriles is 2. The number of nitrogens with one attached hydrogen (secondary N) is 1. The first kappa shape index (κ1) is 27.1. The minimum atomic E-state index is -0.663. The second kappa shape index (κ2) is 12.1. The molecule has 0 fully saturated rings. The maximum atomic E-state index is 10.1. The Morgan fingerprint density at radius 1 is 0.895 bits per heavy atom. The normalized spacial score (nSPS) is 13.6. The van der Waals surface area contributed by atoms with Crippen LogP contribution in [0.1, 0.15) is 55.0 Å². The molecule has 0 aliphatic heterocycles. The Bertz CT molecular complexity index is 1430. The van der Waals surface area contributed by atoms with Crippen LogP contribution < -0.4 is 5.32 Å². The third-order valence-electron chi connectivity index (χ3n) is 7.09. The summed E-state index contributed by atoms with van der Waals surface area (Å²) in [6, 6.07) is 32.6. The summed E-state index contributed by atoms with van der Waals surface area (Å²) < 4.78 is 0. The highest BCUT2D eigenvalue weighted by molar-refractivity contribution is 6.30. The smallest absolute Gasteiger partial charge is 0.0991 e. The van der Waals surface area contributed by atoms with Gasteiger partial charge in [0.2, 0.25) is 0 Å². The van der Waals surface area contributed by atoms with E-state index in [0.717, 1.165) is 34.2 Å². The van der Waals surface area contributed by atoms with Crippen molar-refractivity contribution in [1.82, 2.24) is 10.3 Å². The van der Waals surface area contributed by atoms with E-state index in [1.807, 2.05) is 74.6 Å². The van der Waals surface area contributed by atoms with E-state index < -0.39 is 5.41 Å². The molecule has 1 heterocycles. The highest BCUT2D eigenvalue weighted by Gasteiger charge is 2.34. The molecule has 3 aromatic carbocycles. The van der Waals surface area contributed by atoms with Crippen molar-refractivity contribution in [2.45, 2.75) is 45.2 Å². The van der Waals surface area contributed by atoms with Gasteiger partial charge < -0.3 is 5.32 Å². The summed E-state index contributed by atoms with van der Waals surface area (Å²) in [4.78, 5) is 4.23. The standard InChI is InChI=1S/C33H31ClN4/c1-23(31(19-24-9-15-30(34)16-10-24)28-7-4-6-25(18-28)20-35)38-32(33(2,3)22-36)27-13-11-26(12-14-27)29-8-5-17-37-21-29/h4-18,21,23,31-32,38H,19H2,1-3H3. The highest BCUT2D eigenvalue weighted by atomic mass is 35.5. The molecule has 0 saturated heterocycles. The molecule has 0 aliphatic rings. The zero-order valence-corrected chi connectivity index (χ0v) is 22.7. The third kappa shape index (κ3) is 6.48. The summed E-state index contributed by atoms with van der Waals surface area (Å²) >= 11 is 6.14. The molecule has 3 atom stereocenters. The average Bonchev–Trinajstić information content (AvgIpc) is 2.96. The minimum Gasteiger partial charge on any atom is -0.305 e. The number of nitrogens with zero attached hydrogens (tertiary/aromatic N) is 3. The zero-order valence-electron chi connectivity index (χ0n) is 21.9. The zero-order chi connectivity index (χ0) is 27.1. The fourth-order valence-electron chi connectivity index (χ4n) is 4.86. The second-order valence-corrected chi connectivity index (χ2v) is 10.7. The lowest BCUT2D eigenvalue weighted by Gasteiger charge is -2.36. The van der Waals surface area contributed by atoms with E-state index in [1.54, 1.807) is 6.20 Å². The van der Waals surface area contributed by atoms with Crippen molar-refractivity contribution in [1.29, 1.82) is 10.5 Å². The monoisotopic (exact) mass is 518 g/mol. The van der Waals surface area contributed by atoms with Gasteiger partial charge in [0, 0.05) is 29.4 Å². The molecule has 0 aliphatic carbocycles. The first-order chi connectivity index (χ1) is 18.3. The van der Waals surface area contributed by atoms with Crippen LogP contribution in [-0.4, -0.2) is 11.0 Å². The largest absolute Gasteiger partial charge is 0.305 e. The van der Waals surface area contributed by atoms with Gasteiger partial charge in [0.15, 0.2) is 0 Å². The Morgan fingerprint density at radius 3 is 2.26 bits per heavy atom. The summed E-state index contributed by atoms with van der Waals surface area (Å²) in [5.74, 6) is 0.0659. The first-order valence-corrected chi connectivity index (χ1v) is 13.1. The van der Waals surface area contributed by atoms with E-state index in [-0.39, 0.29) is 18.0 Å². The molecule has 0 bridgehead atoms. The van der Waals surface area contributed by atoms with E-state index in [0.29, 0.717) is 10.6 Å². The Hall–Kier alpha value is -3.96. The molecule has 3 unspecified atom stereocenters. The van der Waals surface area contributed by atoms with Crippen LogP contribution in [0.25, 0.3) is 11.1 Å². The van der Waals surface area contributed by atoms with Crippen LogP contribution in [0, 0.1) is 28.1 Å². The van der Waals surface area contributed by atoms with Crippen molar-refractivity contribution in [3.63, 3.8) is 0 Å². The number of aromatic nitrogens is 1. The van der Waals surface area contributed by atoms with E-state index >= 15 is 0 Å². The van der Waals surface area contributed by atoms with Crippen molar-refractivity contribution in [3.05, 3.63) is 125 Å². The van der Waals surface area contributed by atoms with Crippen LogP contribution in [0.5, 0.6) is 0 Å². The summed E-state index contributed by atoms with van der Waals surface area (Å²) in [6.07, 6.45) is 4.38. The number of hydrogen-bond acceptors (Lipinski definition) is 4. The van der Waals surface area contributed by atoms with E-state index in [4.69, 9.17) is 11.6 Å². The van der Waals surface area contributed by atoms with Crippen molar-refractivity contribution >= 4 is 11.6 Å². The van der Waals surface area contributed by atoms with Gasteiger partial charge in [-0.25, -0.2) is 0 Å². The van der Waals surface area contributed by atoms with Gasteiger partial charge in [0.1, 0.15) is 0 Å². The quantitative estimate of drug-likeness (QED) is 0.244. The van der Waals surface area contributed by atoms with Gasteiger partial charge >= 0.3 is 0 Å². The Kier molecular flexibility index (Phi) is 8.59. The lowest BCUT2D eigenvalue weighted by Crippen LogP contribution is -2.42. The van der Waals surface area contributed by atoms with Crippen LogP contribution in [0.3, 0.4) is 0 Å². The summed E-state index contributed by atoms with van der Waals surface area (Å²) in [6.45, 7) is 6.10. The topological polar surface area (TPSA) is 72.5 Å². The highest BCUT2D eigenvalue weighted by Crippen LogP contribution is 2.36. The maximum absolute atomic E-state index is 10.1. The predicted octanol–water partition coefficient (Wildman–Crippen LogP) is 7.87. The lowest BCUT2D eigenvalue weighted by molar-refractivity contribution is 0.281. The third-order valence-corrected chi connectivity index (χ3v) is 7.35. The first-order valence-electron chi connectivity index (χ1n) is 12.7. The molecular weight excluding hydrogens is 488 g/mol. The molecule has 0 radical (unpaired) electrons. The molecular formula is C33H31ClN4. The van der Waals surface area contributed by atoms with Crippen LogP contribution in [0.2, 0.25) is 5.02 Å². The molecule has 0 saturated carbocycles. The molecule has 4 nitrogen and oxygen atoms in total. The van der Waals surface area contributed by atoms with Gasteiger partial charge in [-0.3, -0.25) is 4.98 Å². The van der Waals surface area contributed by atoms with E-state index in [2.05, 4.69) is 59.7 Å². The fraction of sp³-hybridized carbons (Fsp3) is 0.242. The SMILES string of the molecule is CC(NC(c1ccc(-c2cccnc2)cc1)C(C)(C)C#N)C(Cc1ccc(Cl)cc1)c1cccc(C#N)c1. The summed E-state index contributed by atoms with van der Waals surface area (Å²) in [5, 5.41) is 24.1. The van der Waals surface area contributed by atoms with Gasteiger partial charge in [-0.1, -0.05) is 66.2 Å². The molecule has 1 N–H and O–H groups in total. The van der Waals surface area contributed by atoms with E-state index in [1.165, 1.54) is 0 Å². The second-order valence-electron chi connectivity index (χ2n) is 10.3. The van der Waals surface area contributed by atoms with Crippen molar-refractivity contribution in [3.8, 4) is 23.3 Å². The summed E-state index contributed by atoms with van der Waals surface area (Å²) in [7, 11) is 0. The number of halogens is 1. The molecule has 0 amide bonds. The van der Waals surface area contributed by atoms with E-state index in [9.17, 15) is 10.5 Å². The number of hydrogen-bond donors (Lipinski definition) is 1. The maximum Gasteiger partial charge on any atom is 0.0991 e. The molecule has 5 heteroatoms. The Balaban J connectivity index is 1.67. The Morgan fingerprint density at radius 2 is 1.63 bits per heavy atom. The van der Waals surface area contributed by atoms with Gasteiger partial charge in [0.25, 0.3) is 0 Å². The average molecular weight is 519 g/mol. The molecule has 1 aromatic heterocycles. The summed E-state index contributed by atoms with van der Waals surface area (Å²) in [5.41, 5.74) is 5.40. The van der Waals surface area contributed by atoms with Crippen molar-refractivity contribution in [2.24, 2.45) is 5.41 Å². The van der Waals surface area contributed by atoms with Crippen LogP contribution in [0.4, 0.5) is 0 Å². The van der Waals surface area contributed by atoms with Crippen LogP contribution in [-0.2, 0) is 6.42 Å². The molecule has 38 heavy (non-hydrogen) atoms. The van der Waals surface area contributed by atoms with Gasteiger partial charge in [-0.2, -0.15) is 10.5 Å². The predicted molar refractivity (Wildman–Crippen MR) is 153 cm³/mol. The molecule has 0 spiro atoms. The van der Waals surface area contributed by atoms with Gasteiger partial charge in [-0.15, -0.1) is 0 Å². The van der Waals surface area contributed by atoms with Gasteiger partial charge in [-0.05, 0) is 85.3 Å². The van der Waals surface area contributed by atoms with Gasteiger partial charge in [0.05, 0.1) is 29.2 Å². The molecule has 190 valence electrons. The van der Waals surface area contributed by atoms with Crippen LogP contribution >= 0.6 is 11.6 Å². The lowest BCUT2D eigenvalue weighted by atomic mass is 9.79. The molecule has 4 rings (SSSR count). The van der Waals surface area contributed by atoms with Crippen LogP contribution in [0.15, 0.2) is 97.3 Å². The molecule has 4 aromatic rings. The number of rotatable bonds is 9. The fourth-order valence-corrected chi connectivity index (χ4v) is 4.99. The van der Waals surface area contributed by atoms with Crippen molar-refractivity contribution in [2.75, 3.05) is 0 Å². The van der Waals surface area contributed by atoms with Crippen molar-refractivity contribution < 1.29 is 0 Å².